The molecule has 0 bridgehead atoms. The third kappa shape index (κ3) is 8.39. The zero-order valence-electron chi connectivity index (χ0n) is 10.1. The maximum absolute atomic E-state index is 10.8. The maximum Gasteiger partial charge on any atom is 0.233 e. The fourth-order valence-electron chi connectivity index (χ4n) is 1.50. The van der Waals surface area contributed by atoms with Crippen molar-refractivity contribution in [3.05, 3.63) is 0 Å². The van der Waals surface area contributed by atoms with Gasteiger partial charge >= 0.3 is 0 Å². The van der Waals surface area contributed by atoms with Gasteiger partial charge in [0.15, 0.2) is 0 Å². The smallest absolute Gasteiger partial charge is 0.233 e. The Kier molecular flexibility index (Phi) is 9.52. The van der Waals surface area contributed by atoms with Crippen molar-refractivity contribution in [3.8, 4) is 0 Å². The predicted molar refractivity (Wildman–Crippen MR) is 63.2 cm³/mol. The van der Waals surface area contributed by atoms with Gasteiger partial charge < -0.3 is 4.90 Å². The second-order valence-electron chi connectivity index (χ2n) is 3.81. The van der Waals surface area contributed by atoms with Gasteiger partial charge in [0.2, 0.25) is 5.91 Å². The van der Waals surface area contributed by atoms with Crippen LogP contribution in [-0.2, 0) is 4.79 Å². The molecular weight excluding hydrogens is 190 g/mol. The van der Waals surface area contributed by atoms with E-state index in [-0.39, 0.29) is 5.91 Å². The molecule has 0 spiro atoms. The summed E-state index contributed by atoms with van der Waals surface area (Å²) < 4.78 is 0. The van der Waals surface area contributed by atoms with E-state index in [2.05, 4.69) is 24.2 Å². The fourth-order valence-corrected chi connectivity index (χ4v) is 1.50. The molecule has 0 aliphatic rings. The van der Waals surface area contributed by atoms with E-state index in [1.807, 2.05) is 0 Å². The van der Waals surface area contributed by atoms with Gasteiger partial charge in [-0.15, -0.1) is 0 Å². The number of rotatable bonds is 9. The highest BCUT2D eigenvalue weighted by Gasteiger charge is 2.02. The first-order valence-electron chi connectivity index (χ1n) is 5.96. The van der Waals surface area contributed by atoms with Crippen LogP contribution < -0.4 is 11.3 Å². The van der Waals surface area contributed by atoms with Crippen LogP contribution in [0.4, 0.5) is 0 Å². The molecule has 90 valence electrons. The van der Waals surface area contributed by atoms with Gasteiger partial charge in [0.25, 0.3) is 0 Å². The van der Waals surface area contributed by atoms with Crippen LogP contribution in [-0.4, -0.2) is 30.4 Å². The summed E-state index contributed by atoms with van der Waals surface area (Å²) in [6, 6.07) is 0. The second-order valence-corrected chi connectivity index (χ2v) is 3.81. The number of amides is 1. The zero-order chi connectivity index (χ0) is 11.5. The number of nitrogens with two attached hydrogens (primary N) is 1. The van der Waals surface area contributed by atoms with Crippen molar-refractivity contribution in [2.24, 2.45) is 5.84 Å². The van der Waals surface area contributed by atoms with Gasteiger partial charge in [0.1, 0.15) is 0 Å². The summed E-state index contributed by atoms with van der Waals surface area (Å²) >= 11 is 0. The monoisotopic (exact) mass is 215 g/mol. The first-order chi connectivity index (χ1) is 7.24. The molecular formula is C11H25N3O. The maximum atomic E-state index is 10.8. The number of unbranched alkanes of at least 4 members (excludes halogenated alkanes) is 2. The molecule has 1 amide bonds. The summed E-state index contributed by atoms with van der Waals surface area (Å²) in [7, 11) is 0. The Morgan fingerprint density at radius 3 is 2.40 bits per heavy atom. The lowest BCUT2D eigenvalue weighted by Crippen LogP contribution is -2.30. The van der Waals surface area contributed by atoms with E-state index in [0.717, 1.165) is 25.9 Å². The summed E-state index contributed by atoms with van der Waals surface area (Å²) in [6.07, 6.45) is 5.04. The highest BCUT2D eigenvalue weighted by molar-refractivity contribution is 5.74. The van der Waals surface area contributed by atoms with Gasteiger partial charge in [-0.2, -0.15) is 0 Å². The standard InChI is InChI=1S/C11H25N3O/c1-3-5-9-14(4-2)10-7-6-8-11(15)13-12/h3-10,12H2,1-2H3,(H,13,15). The summed E-state index contributed by atoms with van der Waals surface area (Å²) in [6.45, 7) is 7.76. The van der Waals surface area contributed by atoms with Crippen molar-refractivity contribution in [2.75, 3.05) is 19.6 Å². The average molecular weight is 215 g/mol. The van der Waals surface area contributed by atoms with Crippen LogP contribution in [0.1, 0.15) is 46.0 Å². The molecule has 0 saturated carbocycles. The van der Waals surface area contributed by atoms with Crippen LogP contribution in [0.3, 0.4) is 0 Å². The number of carbonyl (C=O) groups excluding carboxylic acids is 1. The molecule has 0 unspecified atom stereocenters. The second kappa shape index (κ2) is 9.93. The molecule has 4 nitrogen and oxygen atoms in total. The minimum absolute atomic E-state index is 0.0633. The first kappa shape index (κ1) is 14.4. The number of carbonyl (C=O) groups is 1. The zero-order valence-corrected chi connectivity index (χ0v) is 10.1. The van der Waals surface area contributed by atoms with E-state index in [4.69, 9.17) is 5.84 Å². The Morgan fingerprint density at radius 1 is 1.20 bits per heavy atom. The van der Waals surface area contributed by atoms with Crippen LogP contribution in [0.15, 0.2) is 0 Å². The van der Waals surface area contributed by atoms with Crippen molar-refractivity contribution in [1.29, 1.82) is 0 Å². The number of hydrogen-bond donors (Lipinski definition) is 2. The molecule has 0 aromatic heterocycles. The van der Waals surface area contributed by atoms with Crippen molar-refractivity contribution >= 4 is 5.91 Å². The Labute approximate surface area is 93.2 Å². The molecule has 0 heterocycles. The molecule has 0 aromatic carbocycles. The minimum atomic E-state index is -0.0633. The molecule has 4 heteroatoms. The number of nitrogens with zero attached hydrogens (tertiary/aromatic N) is 1. The predicted octanol–water partition coefficient (Wildman–Crippen LogP) is 1.27. The Morgan fingerprint density at radius 2 is 1.87 bits per heavy atom. The summed E-state index contributed by atoms with van der Waals surface area (Å²) in [5.41, 5.74) is 2.15. The third-order valence-electron chi connectivity index (χ3n) is 2.56. The van der Waals surface area contributed by atoms with Gasteiger partial charge in [-0.1, -0.05) is 20.3 Å². The van der Waals surface area contributed by atoms with Gasteiger partial charge in [-0.3, -0.25) is 10.2 Å². The molecule has 0 atom stereocenters. The molecule has 3 N–H and O–H groups in total. The molecule has 0 aromatic rings. The quantitative estimate of drug-likeness (QED) is 0.263. The normalized spacial score (nSPS) is 10.7. The van der Waals surface area contributed by atoms with Crippen LogP contribution in [0, 0.1) is 0 Å². The Bertz CT molecular complexity index is 162. The summed E-state index contributed by atoms with van der Waals surface area (Å²) in [5.74, 6) is 4.93. The lowest BCUT2D eigenvalue weighted by Gasteiger charge is -2.19. The third-order valence-corrected chi connectivity index (χ3v) is 2.56. The van der Waals surface area contributed by atoms with Crippen molar-refractivity contribution < 1.29 is 4.79 Å². The lowest BCUT2D eigenvalue weighted by atomic mass is 10.2. The largest absolute Gasteiger partial charge is 0.304 e. The molecule has 0 aliphatic carbocycles. The Hall–Kier alpha value is -0.610. The van der Waals surface area contributed by atoms with Crippen molar-refractivity contribution in [3.63, 3.8) is 0 Å². The molecule has 0 rings (SSSR count). The van der Waals surface area contributed by atoms with Crippen LogP contribution in [0.2, 0.25) is 0 Å². The summed E-state index contributed by atoms with van der Waals surface area (Å²) in [4.78, 5) is 13.3. The highest BCUT2D eigenvalue weighted by atomic mass is 16.2. The topological polar surface area (TPSA) is 58.4 Å². The number of nitrogens with one attached hydrogen (secondary N) is 1. The van der Waals surface area contributed by atoms with Gasteiger partial charge in [-0.25, -0.2) is 5.84 Å². The summed E-state index contributed by atoms with van der Waals surface area (Å²) in [5, 5.41) is 0. The van der Waals surface area contributed by atoms with Crippen LogP contribution >= 0.6 is 0 Å². The van der Waals surface area contributed by atoms with E-state index in [0.29, 0.717) is 6.42 Å². The lowest BCUT2D eigenvalue weighted by molar-refractivity contribution is -0.121. The van der Waals surface area contributed by atoms with E-state index in [9.17, 15) is 4.79 Å². The van der Waals surface area contributed by atoms with Crippen molar-refractivity contribution in [2.45, 2.75) is 46.0 Å². The van der Waals surface area contributed by atoms with E-state index >= 15 is 0 Å². The molecule has 0 saturated heterocycles. The van der Waals surface area contributed by atoms with E-state index in [1.165, 1.54) is 19.4 Å². The van der Waals surface area contributed by atoms with Gasteiger partial charge in [0, 0.05) is 6.42 Å². The fraction of sp³-hybridized carbons (Fsp3) is 0.909. The average Bonchev–Trinajstić information content (AvgIpc) is 2.27. The molecule has 0 aliphatic heterocycles. The van der Waals surface area contributed by atoms with Crippen LogP contribution in [0.5, 0.6) is 0 Å². The highest BCUT2D eigenvalue weighted by Crippen LogP contribution is 2.00. The molecule has 15 heavy (non-hydrogen) atoms. The Balaban J connectivity index is 3.41. The van der Waals surface area contributed by atoms with E-state index < -0.39 is 0 Å². The SMILES string of the molecule is CCCCN(CC)CCCCC(=O)NN. The number of hydrazine groups is 1. The van der Waals surface area contributed by atoms with Gasteiger partial charge in [-0.05, 0) is 38.9 Å². The van der Waals surface area contributed by atoms with Gasteiger partial charge in [0.05, 0.1) is 0 Å². The van der Waals surface area contributed by atoms with Crippen molar-refractivity contribution in [1.82, 2.24) is 10.3 Å². The molecule has 0 fully saturated rings. The van der Waals surface area contributed by atoms with E-state index in [1.54, 1.807) is 0 Å². The van der Waals surface area contributed by atoms with Crippen LogP contribution in [0.25, 0.3) is 0 Å². The first-order valence-corrected chi connectivity index (χ1v) is 5.96. The number of hydrogen-bond acceptors (Lipinski definition) is 3. The molecule has 0 radical (unpaired) electrons. The minimum Gasteiger partial charge on any atom is -0.304 e.